The highest BCUT2D eigenvalue weighted by molar-refractivity contribution is 5.64. The molecule has 0 bridgehead atoms. The number of hydrogen-bond acceptors (Lipinski definition) is 2. The fourth-order valence-corrected chi connectivity index (χ4v) is 4.78. The molecule has 0 N–H and O–H groups in total. The normalized spacial score (nSPS) is 20.2. The lowest BCUT2D eigenvalue weighted by Crippen LogP contribution is -2.25. The number of halogens is 7. The maximum Gasteiger partial charge on any atom is 0.432 e. The van der Waals surface area contributed by atoms with Crippen molar-refractivity contribution in [2.75, 3.05) is 6.61 Å². The summed E-state index contributed by atoms with van der Waals surface area (Å²) in [5.41, 5.74) is -0.421. The highest BCUT2D eigenvalue weighted by Crippen LogP contribution is 2.41. The van der Waals surface area contributed by atoms with Gasteiger partial charge in [0.2, 0.25) is 0 Å². The molecule has 0 amide bonds. The summed E-state index contributed by atoms with van der Waals surface area (Å²) < 4.78 is 108. The molecular formula is C28H23F7O2. The summed E-state index contributed by atoms with van der Waals surface area (Å²) in [7, 11) is 0. The first-order chi connectivity index (χ1) is 17.6. The van der Waals surface area contributed by atoms with Crippen LogP contribution in [0.15, 0.2) is 48.5 Å². The van der Waals surface area contributed by atoms with E-state index in [0.29, 0.717) is 18.1 Å². The second-order valence-corrected chi connectivity index (χ2v) is 9.70. The van der Waals surface area contributed by atoms with E-state index in [1.165, 1.54) is 19.3 Å². The van der Waals surface area contributed by atoms with E-state index < -0.39 is 46.5 Å². The Morgan fingerprint density at radius 2 is 1.32 bits per heavy atom. The lowest BCUT2D eigenvalue weighted by atomic mass is 9.90. The summed E-state index contributed by atoms with van der Waals surface area (Å²) >= 11 is 0. The summed E-state index contributed by atoms with van der Waals surface area (Å²) in [5.74, 6) is -8.43. The molecule has 37 heavy (non-hydrogen) atoms. The van der Waals surface area contributed by atoms with Gasteiger partial charge in [0.05, 0.1) is 12.7 Å². The first-order valence-corrected chi connectivity index (χ1v) is 12.0. The average Bonchev–Trinajstić information content (AvgIpc) is 3.66. The summed E-state index contributed by atoms with van der Waals surface area (Å²) in [4.78, 5) is 0. The number of alkyl halides is 2. The van der Waals surface area contributed by atoms with Crippen LogP contribution in [-0.4, -0.2) is 6.61 Å². The Labute approximate surface area is 209 Å². The third-order valence-electron chi connectivity index (χ3n) is 6.89. The van der Waals surface area contributed by atoms with Crippen molar-refractivity contribution in [1.82, 2.24) is 0 Å². The first-order valence-electron chi connectivity index (χ1n) is 12.0. The molecule has 1 saturated heterocycles. The van der Waals surface area contributed by atoms with Crippen LogP contribution in [0.25, 0.3) is 11.1 Å². The van der Waals surface area contributed by atoms with Crippen LogP contribution in [0.1, 0.15) is 49.3 Å². The SMILES string of the molecule is Fc1cc(OC(F)(F)c2c(F)cc(-c3ccc(C4CCC(CC5CC5)CO4)cc3)cc2F)cc(F)c1F. The number of benzene rings is 3. The Hall–Kier alpha value is -3.07. The minimum Gasteiger partial charge on any atom is -0.429 e. The Kier molecular flexibility index (Phi) is 6.91. The molecule has 2 unspecified atom stereocenters. The van der Waals surface area contributed by atoms with Gasteiger partial charge in [-0.3, -0.25) is 0 Å². The molecule has 0 spiro atoms. The third kappa shape index (κ3) is 5.61. The Bertz CT molecular complexity index is 1230. The maximum atomic E-state index is 14.7. The molecule has 1 aliphatic heterocycles. The van der Waals surface area contributed by atoms with E-state index in [-0.39, 0.29) is 23.8 Å². The van der Waals surface area contributed by atoms with Gasteiger partial charge in [-0.25, -0.2) is 22.0 Å². The van der Waals surface area contributed by atoms with Gasteiger partial charge in [0, 0.05) is 12.1 Å². The highest BCUT2D eigenvalue weighted by atomic mass is 19.3. The Balaban J connectivity index is 1.31. The largest absolute Gasteiger partial charge is 0.432 e. The molecule has 2 atom stereocenters. The molecule has 196 valence electrons. The second kappa shape index (κ2) is 10.0. The van der Waals surface area contributed by atoms with E-state index in [2.05, 4.69) is 4.74 Å². The summed E-state index contributed by atoms with van der Waals surface area (Å²) in [6, 6.07) is 8.55. The second-order valence-electron chi connectivity index (χ2n) is 9.70. The zero-order chi connectivity index (χ0) is 26.3. The molecule has 2 nitrogen and oxygen atoms in total. The fraction of sp³-hybridized carbons (Fsp3) is 0.357. The summed E-state index contributed by atoms with van der Waals surface area (Å²) in [6.07, 6.45) is 1.08. The summed E-state index contributed by atoms with van der Waals surface area (Å²) in [6.45, 7) is 0.703. The van der Waals surface area contributed by atoms with Crippen molar-refractivity contribution in [2.45, 2.75) is 44.3 Å². The molecule has 3 aromatic rings. The van der Waals surface area contributed by atoms with Crippen LogP contribution in [0.4, 0.5) is 30.7 Å². The minimum atomic E-state index is -4.64. The van der Waals surface area contributed by atoms with Crippen molar-refractivity contribution in [3.63, 3.8) is 0 Å². The monoisotopic (exact) mass is 524 g/mol. The van der Waals surface area contributed by atoms with Gasteiger partial charge in [-0.2, -0.15) is 8.78 Å². The molecular weight excluding hydrogens is 501 g/mol. The molecule has 0 aromatic heterocycles. The molecule has 0 radical (unpaired) electrons. The molecule has 3 aromatic carbocycles. The maximum absolute atomic E-state index is 14.7. The highest BCUT2D eigenvalue weighted by Gasteiger charge is 2.41. The van der Waals surface area contributed by atoms with E-state index in [1.807, 2.05) is 0 Å². The van der Waals surface area contributed by atoms with Crippen LogP contribution < -0.4 is 4.74 Å². The topological polar surface area (TPSA) is 18.5 Å². The predicted molar refractivity (Wildman–Crippen MR) is 121 cm³/mol. The molecule has 2 fully saturated rings. The van der Waals surface area contributed by atoms with Crippen molar-refractivity contribution >= 4 is 0 Å². The van der Waals surface area contributed by atoms with Gasteiger partial charge >= 0.3 is 6.11 Å². The fourth-order valence-electron chi connectivity index (χ4n) is 4.78. The van der Waals surface area contributed by atoms with E-state index in [9.17, 15) is 30.7 Å². The lowest BCUT2D eigenvalue weighted by Gasteiger charge is -2.29. The van der Waals surface area contributed by atoms with Crippen LogP contribution in [0.5, 0.6) is 5.75 Å². The molecule has 9 heteroatoms. The number of ether oxygens (including phenoxy) is 2. The smallest absolute Gasteiger partial charge is 0.429 e. The van der Waals surface area contributed by atoms with Crippen LogP contribution in [0.2, 0.25) is 0 Å². The van der Waals surface area contributed by atoms with Gasteiger partial charge in [0.1, 0.15) is 22.9 Å². The van der Waals surface area contributed by atoms with Crippen LogP contribution in [-0.2, 0) is 10.8 Å². The zero-order valence-corrected chi connectivity index (χ0v) is 19.6. The number of rotatable bonds is 7. The summed E-state index contributed by atoms with van der Waals surface area (Å²) in [5, 5.41) is 0. The minimum absolute atomic E-state index is 0.00836. The van der Waals surface area contributed by atoms with Crippen LogP contribution >= 0.6 is 0 Å². The van der Waals surface area contributed by atoms with Gasteiger partial charge in [-0.05, 0) is 59.9 Å². The molecule has 1 heterocycles. The van der Waals surface area contributed by atoms with Gasteiger partial charge in [0.15, 0.2) is 17.5 Å². The first kappa shape index (κ1) is 25.6. The van der Waals surface area contributed by atoms with Crippen LogP contribution in [0.3, 0.4) is 0 Å². The zero-order valence-electron chi connectivity index (χ0n) is 19.6. The van der Waals surface area contributed by atoms with Crippen molar-refractivity contribution in [3.8, 4) is 16.9 Å². The van der Waals surface area contributed by atoms with Gasteiger partial charge < -0.3 is 9.47 Å². The van der Waals surface area contributed by atoms with Crippen LogP contribution in [0, 0.1) is 40.9 Å². The molecule has 1 saturated carbocycles. The standard InChI is InChI=1S/C28H23F7O2/c29-21-10-19(11-22(30)26(21)28(34,35)37-20-12-23(31)27(33)24(32)13-20)17-4-6-18(7-5-17)25-8-3-16(14-36-25)9-15-1-2-15/h4-7,10-13,15-16,25H,1-3,8-9,14H2. The quantitative estimate of drug-likeness (QED) is 0.228. The van der Waals surface area contributed by atoms with Crippen molar-refractivity contribution in [1.29, 1.82) is 0 Å². The molecule has 2 aliphatic rings. The lowest BCUT2D eigenvalue weighted by molar-refractivity contribution is -0.189. The average molecular weight is 524 g/mol. The Morgan fingerprint density at radius 1 is 0.730 bits per heavy atom. The van der Waals surface area contributed by atoms with E-state index >= 15 is 0 Å². The Morgan fingerprint density at radius 3 is 1.86 bits per heavy atom. The van der Waals surface area contributed by atoms with Crippen molar-refractivity contribution in [2.24, 2.45) is 11.8 Å². The van der Waals surface area contributed by atoms with Gasteiger partial charge in [-0.15, -0.1) is 0 Å². The predicted octanol–water partition coefficient (Wildman–Crippen LogP) is 8.45. The van der Waals surface area contributed by atoms with E-state index in [1.54, 1.807) is 24.3 Å². The van der Waals surface area contributed by atoms with Gasteiger partial charge in [-0.1, -0.05) is 37.1 Å². The van der Waals surface area contributed by atoms with Crippen molar-refractivity contribution in [3.05, 3.63) is 88.7 Å². The van der Waals surface area contributed by atoms with E-state index in [4.69, 9.17) is 4.74 Å². The molecule has 1 aliphatic carbocycles. The number of hydrogen-bond donors (Lipinski definition) is 0. The van der Waals surface area contributed by atoms with E-state index in [0.717, 1.165) is 36.5 Å². The van der Waals surface area contributed by atoms with Gasteiger partial charge in [0.25, 0.3) is 0 Å². The third-order valence-corrected chi connectivity index (χ3v) is 6.89. The molecule has 5 rings (SSSR count). The van der Waals surface area contributed by atoms with Crippen molar-refractivity contribution < 1.29 is 40.2 Å².